The van der Waals surface area contributed by atoms with E-state index in [1.165, 1.54) is 18.4 Å². The Bertz CT molecular complexity index is 677. The molecule has 0 spiro atoms. The van der Waals surface area contributed by atoms with Gasteiger partial charge in [-0.05, 0) is 5.92 Å². The van der Waals surface area contributed by atoms with Crippen molar-refractivity contribution in [3.8, 4) is 10.6 Å². The van der Waals surface area contributed by atoms with E-state index in [4.69, 9.17) is 4.74 Å². The maximum absolute atomic E-state index is 12.2. The predicted octanol–water partition coefficient (Wildman–Crippen LogP) is 1.47. The SMILES string of the molecule is COC(=O)[C@@H](NC(=O)c1csc(-c2cnn(C)c2)n1)C(C)C. The van der Waals surface area contributed by atoms with E-state index in [0.717, 1.165) is 5.56 Å². The minimum atomic E-state index is -0.693. The first-order valence-corrected chi connectivity index (χ1v) is 7.63. The molecule has 118 valence electrons. The molecule has 2 rings (SSSR count). The quantitative estimate of drug-likeness (QED) is 0.843. The highest BCUT2D eigenvalue weighted by atomic mass is 32.1. The molecular formula is C14H18N4O3S. The number of carbonyl (C=O) groups excluding carboxylic acids is 2. The number of nitrogens with zero attached hydrogens (tertiary/aromatic N) is 3. The molecule has 0 aliphatic carbocycles. The Labute approximate surface area is 132 Å². The molecule has 0 radical (unpaired) electrons. The molecule has 2 aromatic heterocycles. The molecule has 0 fully saturated rings. The smallest absolute Gasteiger partial charge is 0.328 e. The van der Waals surface area contributed by atoms with Crippen molar-refractivity contribution in [2.24, 2.45) is 13.0 Å². The lowest BCUT2D eigenvalue weighted by Crippen LogP contribution is -2.45. The van der Waals surface area contributed by atoms with Gasteiger partial charge in [-0.25, -0.2) is 9.78 Å². The summed E-state index contributed by atoms with van der Waals surface area (Å²) in [5.74, 6) is -0.936. The van der Waals surface area contributed by atoms with Crippen molar-refractivity contribution < 1.29 is 14.3 Å². The molecule has 1 amide bonds. The maximum Gasteiger partial charge on any atom is 0.328 e. The second kappa shape index (κ2) is 6.69. The van der Waals surface area contributed by atoms with Crippen LogP contribution in [-0.2, 0) is 16.6 Å². The fourth-order valence-electron chi connectivity index (χ4n) is 1.88. The summed E-state index contributed by atoms with van der Waals surface area (Å²) in [4.78, 5) is 28.2. The Morgan fingerprint density at radius 2 is 2.14 bits per heavy atom. The number of ether oxygens (including phenoxy) is 1. The minimum Gasteiger partial charge on any atom is -0.467 e. The monoisotopic (exact) mass is 322 g/mol. The standard InChI is InChI=1S/C14H18N4O3S/c1-8(2)11(14(20)21-4)17-12(19)10-7-22-13(16-10)9-5-15-18(3)6-9/h5-8,11H,1-4H3,(H,17,19)/t11-/m0/s1. The van der Waals surface area contributed by atoms with E-state index >= 15 is 0 Å². The summed E-state index contributed by atoms with van der Waals surface area (Å²) in [7, 11) is 3.11. The van der Waals surface area contributed by atoms with Gasteiger partial charge in [0.25, 0.3) is 5.91 Å². The van der Waals surface area contributed by atoms with Crippen LogP contribution in [0.3, 0.4) is 0 Å². The molecule has 0 unspecified atom stereocenters. The van der Waals surface area contributed by atoms with E-state index < -0.39 is 17.9 Å². The van der Waals surface area contributed by atoms with Crippen molar-refractivity contribution in [1.82, 2.24) is 20.1 Å². The van der Waals surface area contributed by atoms with Crippen LogP contribution in [0.15, 0.2) is 17.8 Å². The summed E-state index contributed by atoms with van der Waals surface area (Å²) in [6, 6.07) is -0.693. The van der Waals surface area contributed by atoms with Crippen LogP contribution < -0.4 is 5.32 Å². The third-order valence-corrected chi connectivity index (χ3v) is 3.99. The lowest BCUT2D eigenvalue weighted by molar-refractivity contribution is -0.144. The second-order valence-corrected chi connectivity index (χ2v) is 6.02. The highest BCUT2D eigenvalue weighted by Crippen LogP contribution is 2.23. The fraction of sp³-hybridized carbons (Fsp3) is 0.429. The van der Waals surface area contributed by atoms with Gasteiger partial charge in [-0.1, -0.05) is 13.8 Å². The summed E-state index contributed by atoms with van der Waals surface area (Å²) in [6.07, 6.45) is 3.51. The van der Waals surface area contributed by atoms with Crippen LogP contribution in [0.25, 0.3) is 10.6 Å². The highest BCUT2D eigenvalue weighted by Gasteiger charge is 2.26. The van der Waals surface area contributed by atoms with E-state index in [1.54, 1.807) is 16.3 Å². The molecule has 7 nitrogen and oxygen atoms in total. The molecule has 8 heteroatoms. The van der Waals surface area contributed by atoms with E-state index in [1.807, 2.05) is 27.1 Å². The number of carbonyl (C=O) groups is 2. The molecule has 2 aromatic rings. The van der Waals surface area contributed by atoms with Gasteiger partial charge in [0, 0.05) is 24.2 Å². The van der Waals surface area contributed by atoms with E-state index in [2.05, 4.69) is 15.4 Å². The van der Waals surface area contributed by atoms with Crippen LogP contribution in [0.5, 0.6) is 0 Å². The molecule has 0 bridgehead atoms. The lowest BCUT2D eigenvalue weighted by atomic mass is 10.0. The van der Waals surface area contributed by atoms with Gasteiger partial charge in [0.2, 0.25) is 0 Å². The van der Waals surface area contributed by atoms with Gasteiger partial charge in [0.05, 0.1) is 13.3 Å². The van der Waals surface area contributed by atoms with Crippen LogP contribution in [0, 0.1) is 5.92 Å². The summed E-state index contributed by atoms with van der Waals surface area (Å²) in [6.45, 7) is 3.67. The summed E-state index contributed by atoms with van der Waals surface area (Å²) < 4.78 is 6.37. The van der Waals surface area contributed by atoms with Gasteiger partial charge < -0.3 is 10.1 Å². The van der Waals surface area contributed by atoms with Crippen LogP contribution in [0.4, 0.5) is 0 Å². The Morgan fingerprint density at radius 1 is 1.41 bits per heavy atom. The summed E-state index contributed by atoms with van der Waals surface area (Å²) >= 11 is 1.35. The molecular weight excluding hydrogens is 304 g/mol. The van der Waals surface area contributed by atoms with Gasteiger partial charge >= 0.3 is 5.97 Å². The number of methoxy groups -OCH3 is 1. The third kappa shape index (κ3) is 3.51. The van der Waals surface area contributed by atoms with Crippen molar-refractivity contribution in [2.75, 3.05) is 7.11 Å². The Morgan fingerprint density at radius 3 is 2.68 bits per heavy atom. The first kappa shape index (κ1) is 16.2. The Balaban J connectivity index is 2.13. The predicted molar refractivity (Wildman–Crippen MR) is 82.4 cm³/mol. The van der Waals surface area contributed by atoms with Gasteiger partial charge in [-0.2, -0.15) is 5.10 Å². The van der Waals surface area contributed by atoms with E-state index in [0.29, 0.717) is 5.01 Å². The number of aromatic nitrogens is 3. The Hall–Kier alpha value is -2.22. The number of nitrogens with one attached hydrogen (secondary N) is 1. The van der Waals surface area contributed by atoms with Crippen molar-refractivity contribution >= 4 is 23.2 Å². The number of aryl methyl sites for hydroxylation is 1. The molecule has 22 heavy (non-hydrogen) atoms. The normalized spacial score (nSPS) is 12.2. The lowest BCUT2D eigenvalue weighted by Gasteiger charge is -2.19. The molecule has 0 saturated heterocycles. The van der Waals surface area contributed by atoms with Crippen molar-refractivity contribution in [1.29, 1.82) is 0 Å². The van der Waals surface area contributed by atoms with Crippen LogP contribution in [0.1, 0.15) is 24.3 Å². The number of esters is 1. The molecule has 0 aliphatic heterocycles. The largest absolute Gasteiger partial charge is 0.467 e. The number of rotatable bonds is 5. The first-order chi connectivity index (χ1) is 10.4. The van der Waals surface area contributed by atoms with Crippen LogP contribution in [0.2, 0.25) is 0 Å². The average molecular weight is 322 g/mol. The number of hydrogen-bond donors (Lipinski definition) is 1. The Kier molecular flexibility index (Phi) is 4.92. The number of hydrogen-bond acceptors (Lipinski definition) is 6. The molecule has 0 aromatic carbocycles. The summed E-state index contributed by atoms with van der Waals surface area (Å²) in [5.41, 5.74) is 1.12. The zero-order valence-electron chi connectivity index (χ0n) is 12.9. The zero-order valence-corrected chi connectivity index (χ0v) is 13.7. The first-order valence-electron chi connectivity index (χ1n) is 6.75. The van der Waals surface area contributed by atoms with Gasteiger partial charge in [-0.15, -0.1) is 11.3 Å². The number of amides is 1. The number of thiazole rings is 1. The second-order valence-electron chi connectivity index (χ2n) is 5.16. The molecule has 0 saturated carbocycles. The van der Waals surface area contributed by atoms with E-state index in [9.17, 15) is 9.59 Å². The molecule has 1 atom stereocenters. The topological polar surface area (TPSA) is 86.1 Å². The average Bonchev–Trinajstić information content (AvgIpc) is 3.11. The fourth-order valence-corrected chi connectivity index (χ4v) is 2.66. The van der Waals surface area contributed by atoms with Crippen LogP contribution in [-0.4, -0.2) is 39.8 Å². The van der Waals surface area contributed by atoms with Gasteiger partial charge in [0.15, 0.2) is 0 Å². The van der Waals surface area contributed by atoms with Gasteiger partial charge in [0.1, 0.15) is 16.7 Å². The minimum absolute atomic E-state index is 0.0761. The molecule has 2 heterocycles. The third-order valence-electron chi connectivity index (χ3n) is 3.10. The summed E-state index contributed by atoms with van der Waals surface area (Å²) in [5, 5.41) is 9.10. The molecule has 1 N–H and O–H groups in total. The molecule has 0 aliphatic rings. The van der Waals surface area contributed by atoms with E-state index in [-0.39, 0.29) is 11.6 Å². The van der Waals surface area contributed by atoms with Crippen LogP contribution >= 0.6 is 11.3 Å². The van der Waals surface area contributed by atoms with Gasteiger partial charge in [-0.3, -0.25) is 9.48 Å². The van der Waals surface area contributed by atoms with Crippen molar-refractivity contribution in [3.63, 3.8) is 0 Å². The zero-order chi connectivity index (χ0) is 16.3. The highest BCUT2D eigenvalue weighted by molar-refractivity contribution is 7.13. The van der Waals surface area contributed by atoms with Crippen molar-refractivity contribution in [3.05, 3.63) is 23.5 Å². The van der Waals surface area contributed by atoms with Crippen molar-refractivity contribution in [2.45, 2.75) is 19.9 Å². The maximum atomic E-state index is 12.2.